The highest BCUT2D eigenvalue weighted by atomic mass is 32.1. The fourth-order valence-electron chi connectivity index (χ4n) is 2.10. The zero-order chi connectivity index (χ0) is 15.7. The van der Waals surface area contributed by atoms with Gasteiger partial charge in [0.2, 0.25) is 0 Å². The van der Waals surface area contributed by atoms with E-state index in [1.54, 1.807) is 19.3 Å². The summed E-state index contributed by atoms with van der Waals surface area (Å²) in [7, 11) is 3.23. The van der Waals surface area contributed by atoms with E-state index >= 15 is 0 Å². The Labute approximate surface area is 129 Å². The van der Waals surface area contributed by atoms with Gasteiger partial charge in [0, 0.05) is 30.4 Å². The zero-order valence-electron chi connectivity index (χ0n) is 12.0. The number of fused-ring (bicyclic) bond motifs is 1. The van der Waals surface area contributed by atoms with Crippen molar-refractivity contribution in [3.8, 4) is 0 Å². The molecule has 0 atom stereocenters. The topological polar surface area (TPSA) is 88.9 Å². The number of nitrogens with one attached hydrogen (secondary N) is 2. The molecule has 112 valence electrons. The molecule has 22 heavy (non-hydrogen) atoms. The van der Waals surface area contributed by atoms with Gasteiger partial charge in [0.1, 0.15) is 0 Å². The summed E-state index contributed by atoms with van der Waals surface area (Å²) in [5.41, 5.74) is 1.24. The normalized spacial score (nSPS) is 10.6. The van der Waals surface area contributed by atoms with Crippen LogP contribution in [0, 0.1) is 0 Å². The molecule has 8 heteroatoms. The quantitative estimate of drug-likeness (QED) is 0.764. The Kier molecular flexibility index (Phi) is 3.60. The third-order valence-electron chi connectivity index (χ3n) is 3.24. The number of thiophene rings is 1. The molecular formula is C14H13N5O2S. The van der Waals surface area contributed by atoms with Crippen molar-refractivity contribution in [2.75, 3.05) is 12.4 Å². The van der Waals surface area contributed by atoms with E-state index in [-0.39, 0.29) is 17.2 Å². The lowest BCUT2D eigenvalue weighted by atomic mass is 10.2. The van der Waals surface area contributed by atoms with E-state index in [1.165, 1.54) is 29.1 Å². The molecule has 0 radical (unpaired) electrons. The second-order valence-corrected chi connectivity index (χ2v) is 5.53. The number of pyridine rings is 1. The van der Waals surface area contributed by atoms with Crippen LogP contribution in [-0.4, -0.2) is 27.7 Å². The van der Waals surface area contributed by atoms with Gasteiger partial charge in [-0.25, -0.2) is 0 Å². The van der Waals surface area contributed by atoms with E-state index in [0.717, 1.165) is 4.70 Å². The summed E-state index contributed by atoms with van der Waals surface area (Å²) in [6.07, 6.45) is 3.22. The molecule has 0 unspecified atom stereocenters. The predicted octanol–water partition coefficient (Wildman–Crippen LogP) is 1.49. The summed E-state index contributed by atoms with van der Waals surface area (Å²) in [5.74, 6) is -0.344. The van der Waals surface area contributed by atoms with Gasteiger partial charge < -0.3 is 15.2 Å². The van der Waals surface area contributed by atoms with Crippen molar-refractivity contribution < 1.29 is 4.79 Å². The summed E-state index contributed by atoms with van der Waals surface area (Å²) in [6.45, 7) is 0. The fourth-order valence-corrected chi connectivity index (χ4v) is 2.97. The molecule has 0 aromatic carbocycles. The molecule has 3 aromatic rings. The summed E-state index contributed by atoms with van der Waals surface area (Å²) in [6, 6.07) is 3.53. The minimum Gasteiger partial charge on any atom is -0.354 e. The number of hydrogen-bond acceptors (Lipinski definition) is 6. The minimum absolute atomic E-state index is 0.0928. The van der Waals surface area contributed by atoms with Crippen LogP contribution in [0.1, 0.15) is 10.5 Å². The van der Waals surface area contributed by atoms with E-state index < -0.39 is 0 Å². The number of nitrogens with zero attached hydrogens (tertiary/aromatic N) is 3. The first-order chi connectivity index (χ1) is 10.6. The van der Waals surface area contributed by atoms with Crippen LogP contribution in [0.3, 0.4) is 0 Å². The molecule has 7 nitrogen and oxygen atoms in total. The number of anilines is 2. The lowest BCUT2D eigenvalue weighted by molar-refractivity contribution is 0.0958. The largest absolute Gasteiger partial charge is 0.354 e. The first-order valence-electron chi connectivity index (χ1n) is 6.49. The van der Waals surface area contributed by atoms with E-state index in [0.29, 0.717) is 16.8 Å². The summed E-state index contributed by atoms with van der Waals surface area (Å²) in [4.78, 5) is 24.1. The van der Waals surface area contributed by atoms with E-state index in [2.05, 4.69) is 20.8 Å². The number of aryl methyl sites for hydroxylation is 1. The van der Waals surface area contributed by atoms with Crippen molar-refractivity contribution in [2.24, 2.45) is 7.05 Å². The fraction of sp³-hybridized carbons (Fsp3) is 0.143. The van der Waals surface area contributed by atoms with E-state index in [9.17, 15) is 9.59 Å². The van der Waals surface area contributed by atoms with Crippen LogP contribution in [0.5, 0.6) is 0 Å². The standard InChI is InChI=1S/C14H13N5O2S/c1-15-13(20)12-8(3-5-16-18-12)17-9-7-22-10-4-6-19(2)14(21)11(9)10/h3-7H,1-2H3,(H,15,20)(H,16,17). The highest BCUT2D eigenvalue weighted by Gasteiger charge is 2.15. The second-order valence-electron chi connectivity index (χ2n) is 4.62. The van der Waals surface area contributed by atoms with Crippen LogP contribution in [-0.2, 0) is 7.05 Å². The van der Waals surface area contributed by atoms with Gasteiger partial charge in [0.05, 0.1) is 23.0 Å². The smallest absolute Gasteiger partial charge is 0.273 e. The molecule has 3 heterocycles. The summed E-state index contributed by atoms with van der Waals surface area (Å²) < 4.78 is 2.40. The molecule has 2 N–H and O–H groups in total. The lowest BCUT2D eigenvalue weighted by Gasteiger charge is -2.08. The molecular weight excluding hydrogens is 302 g/mol. The summed E-state index contributed by atoms with van der Waals surface area (Å²) >= 11 is 1.46. The molecule has 0 aliphatic rings. The maximum atomic E-state index is 12.3. The Bertz CT molecular complexity index is 915. The number of carbonyl (C=O) groups is 1. The van der Waals surface area contributed by atoms with Gasteiger partial charge in [-0.3, -0.25) is 9.59 Å². The van der Waals surface area contributed by atoms with Crippen LogP contribution < -0.4 is 16.2 Å². The number of amides is 1. The van der Waals surface area contributed by atoms with Gasteiger partial charge in [0.15, 0.2) is 5.69 Å². The van der Waals surface area contributed by atoms with Crippen molar-refractivity contribution in [3.05, 3.63) is 46.0 Å². The molecule has 0 spiro atoms. The lowest BCUT2D eigenvalue weighted by Crippen LogP contribution is -2.21. The highest BCUT2D eigenvalue weighted by Crippen LogP contribution is 2.30. The molecule has 0 aliphatic heterocycles. The molecule has 0 bridgehead atoms. The zero-order valence-corrected chi connectivity index (χ0v) is 12.8. The van der Waals surface area contributed by atoms with Crippen molar-refractivity contribution in [1.29, 1.82) is 0 Å². The predicted molar refractivity (Wildman–Crippen MR) is 85.8 cm³/mol. The maximum Gasteiger partial charge on any atom is 0.273 e. The molecule has 1 amide bonds. The number of aromatic nitrogens is 3. The Morgan fingerprint density at radius 2 is 2.14 bits per heavy atom. The minimum atomic E-state index is -0.344. The van der Waals surface area contributed by atoms with Crippen LogP contribution in [0.4, 0.5) is 11.4 Å². The van der Waals surface area contributed by atoms with Crippen LogP contribution in [0.25, 0.3) is 10.1 Å². The van der Waals surface area contributed by atoms with Gasteiger partial charge in [-0.15, -0.1) is 16.4 Å². The number of carbonyl (C=O) groups excluding carboxylic acids is 1. The average molecular weight is 315 g/mol. The molecule has 0 saturated heterocycles. The van der Waals surface area contributed by atoms with Gasteiger partial charge in [-0.05, 0) is 12.1 Å². The third-order valence-corrected chi connectivity index (χ3v) is 4.18. The van der Waals surface area contributed by atoms with Crippen molar-refractivity contribution in [3.63, 3.8) is 0 Å². The van der Waals surface area contributed by atoms with Crippen LogP contribution in [0.2, 0.25) is 0 Å². The Hall–Kier alpha value is -2.74. The Morgan fingerprint density at radius 3 is 2.91 bits per heavy atom. The van der Waals surface area contributed by atoms with Gasteiger partial charge >= 0.3 is 0 Å². The molecule has 0 aliphatic carbocycles. The number of rotatable bonds is 3. The Morgan fingerprint density at radius 1 is 1.32 bits per heavy atom. The monoisotopic (exact) mass is 315 g/mol. The van der Waals surface area contributed by atoms with E-state index in [4.69, 9.17) is 0 Å². The number of hydrogen-bond donors (Lipinski definition) is 2. The molecule has 0 saturated carbocycles. The average Bonchev–Trinajstić information content (AvgIpc) is 2.94. The molecule has 0 fully saturated rings. The molecule has 3 aromatic heterocycles. The SMILES string of the molecule is CNC(=O)c1nnccc1Nc1csc2ccn(C)c(=O)c12. The summed E-state index contributed by atoms with van der Waals surface area (Å²) in [5, 5.41) is 15.6. The van der Waals surface area contributed by atoms with Crippen molar-refractivity contribution >= 4 is 38.7 Å². The van der Waals surface area contributed by atoms with E-state index in [1.807, 2.05) is 11.4 Å². The first kappa shape index (κ1) is 14.2. The first-order valence-corrected chi connectivity index (χ1v) is 7.37. The Balaban J connectivity index is 2.10. The van der Waals surface area contributed by atoms with Gasteiger partial charge in [-0.2, -0.15) is 5.10 Å². The molecule has 3 rings (SSSR count). The van der Waals surface area contributed by atoms with Gasteiger partial charge in [-0.1, -0.05) is 0 Å². The highest BCUT2D eigenvalue weighted by molar-refractivity contribution is 7.17. The van der Waals surface area contributed by atoms with Crippen molar-refractivity contribution in [1.82, 2.24) is 20.1 Å². The van der Waals surface area contributed by atoms with Crippen molar-refractivity contribution in [2.45, 2.75) is 0 Å². The van der Waals surface area contributed by atoms with Crippen LogP contribution in [0.15, 0.2) is 34.7 Å². The second kappa shape index (κ2) is 5.57. The maximum absolute atomic E-state index is 12.3. The van der Waals surface area contributed by atoms with Gasteiger partial charge in [0.25, 0.3) is 11.5 Å². The third kappa shape index (κ3) is 2.33. The van der Waals surface area contributed by atoms with Crippen LogP contribution >= 0.6 is 11.3 Å².